The summed E-state index contributed by atoms with van der Waals surface area (Å²) < 4.78 is 0. The van der Waals surface area contributed by atoms with Crippen LogP contribution in [0.1, 0.15) is 44.9 Å². The van der Waals surface area contributed by atoms with Crippen LogP contribution in [0.15, 0.2) is 12.1 Å². The molecule has 1 N–H and O–H groups in total. The summed E-state index contributed by atoms with van der Waals surface area (Å²) in [7, 11) is 0. The van der Waals surface area contributed by atoms with Gasteiger partial charge in [-0.15, -0.1) is 6.42 Å². The average Bonchev–Trinajstić information content (AvgIpc) is 2.47. The lowest BCUT2D eigenvalue weighted by molar-refractivity contribution is 0.673. The van der Waals surface area contributed by atoms with Crippen molar-refractivity contribution in [2.24, 2.45) is 0 Å². The molecule has 0 aliphatic rings. The van der Waals surface area contributed by atoms with Gasteiger partial charge in [0.1, 0.15) is 5.82 Å². The number of rotatable bonds is 9. The molecule has 0 aromatic carbocycles. The van der Waals surface area contributed by atoms with Gasteiger partial charge in [-0.25, -0.2) is 4.98 Å². The van der Waals surface area contributed by atoms with Gasteiger partial charge in [0.05, 0.1) is 6.54 Å². The first kappa shape index (κ1) is 16.5. The molecule has 0 bridgehead atoms. The van der Waals surface area contributed by atoms with Crippen LogP contribution >= 0.6 is 0 Å². The van der Waals surface area contributed by atoms with Gasteiger partial charge in [-0.1, -0.05) is 26.7 Å². The van der Waals surface area contributed by atoms with E-state index in [1.807, 2.05) is 0 Å². The van der Waals surface area contributed by atoms with Crippen molar-refractivity contribution in [3.63, 3.8) is 0 Å². The Balaban J connectivity index is 2.92. The zero-order chi connectivity index (χ0) is 14.8. The Bertz CT molecular complexity index is 434. The summed E-state index contributed by atoms with van der Waals surface area (Å²) in [6.45, 7) is 9.99. The van der Waals surface area contributed by atoms with Gasteiger partial charge in [-0.3, -0.25) is 0 Å². The van der Waals surface area contributed by atoms with Crippen LogP contribution in [0.2, 0.25) is 0 Å². The van der Waals surface area contributed by atoms with Gasteiger partial charge in [-0.2, -0.15) is 0 Å². The van der Waals surface area contributed by atoms with Crippen molar-refractivity contribution in [2.75, 3.05) is 24.5 Å². The number of hydrogen-bond donors (Lipinski definition) is 1. The van der Waals surface area contributed by atoms with Gasteiger partial charge < -0.3 is 10.2 Å². The van der Waals surface area contributed by atoms with Gasteiger partial charge >= 0.3 is 0 Å². The Kier molecular flexibility index (Phi) is 7.75. The van der Waals surface area contributed by atoms with E-state index in [1.54, 1.807) is 0 Å². The smallest absolute Gasteiger partial charge is 0.129 e. The molecule has 0 amide bonds. The lowest BCUT2D eigenvalue weighted by Gasteiger charge is -2.22. The highest BCUT2D eigenvalue weighted by Crippen LogP contribution is 2.16. The number of pyridine rings is 1. The summed E-state index contributed by atoms with van der Waals surface area (Å²) in [6, 6.07) is 4.35. The number of aromatic nitrogens is 1. The van der Waals surface area contributed by atoms with Crippen molar-refractivity contribution in [3.8, 4) is 12.3 Å². The summed E-state index contributed by atoms with van der Waals surface area (Å²) in [5.41, 5.74) is 2.42. The first-order chi connectivity index (χ1) is 9.74. The molecular formula is C17H27N3. The quantitative estimate of drug-likeness (QED) is 0.554. The van der Waals surface area contributed by atoms with Crippen LogP contribution in [-0.4, -0.2) is 24.6 Å². The van der Waals surface area contributed by atoms with Crippen LogP contribution in [0, 0.1) is 12.3 Å². The van der Waals surface area contributed by atoms with Gasteiger partial charge in [0.25, 0.3) is 0 Å². The zero-order valence-corrected chi connectivity index (χ0v) is 13.1. The zero-order valence-electron chi connectivity index (χ0n) is 13.1. The molecule has 0 fully saturated rings. The molecule has 1 rings (SSSR count). The van der Waals surface area contributed by atoms with Crippen molar-refractivity contribution in [1.29, 1.82) is 0 Å². The Hall–Kier alpha value is -1.53. The molecule has 0 spiro atoms. The summed E-state index contributed by atoms with van der Waals surface area (Å²) in [5.74, 6) is 3.74. The molecule has 0 saturated carbocycles. The van der Waals surface area contributed by atoms with Crippen LogP contribution in [0.25, 0.3) is 0 Å². The van der Waals surface area contributed by atoms with Gasteiger partial charge in [0, 0.05) is 18.8 Å². The number of anilines is 1. The maximum atomic E-state index is 5.47. The molecule has 0 saturated heterocycles. The van der Waals surface area contributed by atoms with E-state index in [0.29, 0.717) is 6.54 Å². The Morgan fingerprint density at radius 3 is 2.65 bits per heavy atom. The third kappa shape index (κ3) is 5.22. The van der Waals surface area contributed by atoms with E-state index in [0.717, 1.165) is 50.4 Å². The van der Waals surface area contributed by atoms with Crippen molar-refractivity contribution < 1.29 is 0 Å². The van der Waals surface area contributed by atoms with E-state index in [-0.39, 0.29) is 0 Å². The van der Waals surface area contributed by atoms with E-state index in [1.165, 1.54) is 5.56 Å². The largest absolute Gasteiger partial charge is 0.345 e. The average molecular weight is 273 g/mol. The van der Waals surface area contributed by atoms with Crippen LogP contribution in [-0.2, 0) is 13.0 Å². The molecule has 1 aromatic heterocycles. The molecular weight excluding hydrogens is 246 g/mol. The Morgan fingerprint density at radius 2 is 2.05 bits per heavy atom. The Labute approximate surface area is 123 Å². The fourth-order valence-electron chi connectivity index (χ4n) is 2.14. The van der Waals surface area contributed by atoms with E-state index in [2.05, 4.69) is 49.0 Å². The van der Waals surface area contributed by atoms with Gasteiger partial charge in [0.15, 0.2) is 0 Å². The van der Waals surface area contributed by atoms with Crippen molar-refractivity contribution in [2.45, 2.75) is 46.6 Å². The highest BCUT2D eigenvalue weighted by molar-refractivity contribution is 5.44. The number of hydrogen-bond acceptors (Lipinski definition) is 3. The molecule has 3 heteroatoms. The number of nitrogens with one attached hydrogen (secondary N) is 1. The number of aryl methyl sites for hydroxylation is 1. The number of terminal acetylenes is 1. The van der Waals surface area contributed by atoms with Gasteiger partial charge in [0.2, 0.25) is 0 Å². The molecule has 0 aliphatic carbocycles. The molecule has 0 radical (unpaired) electrons. The SMILES string of the molecule is C#CCN(CCC)c1cc(CNCCC)cc(CC)n1. The molecule has 0 unspecified atom stereocenters. The fraction of sp³-hybridized carbons (Fsp3) is 0.588. The lowest BCUT2D eigenvalue weighted by atomic mass is 10.2. The third-order valence-electron chi connectivity index (χ3n) is 3.14. The van der Waals surface area contributed by atoms with Crippen molar-refractivity contribution >= 4 is 5.82 Å². The maximum Gasteiger partial charge on any atom is 0.129 e. The van der Waals surface area contributed by atoms with E-state index >= 15 is 0 Å². The standard InChI is InChI=1S/C17H27N3/c1-5-9-18-14-15-12-16(8-4)19-17(13-15)20(10-6-2)11-7-3/h2,12-13,18H,5,7-11,14H2,1,3-4H3. The fourth-order valence-corrected chi connectivity index (χ4v) is 2.14. The second-order valence-electron chi connectivity index (χ2n) is 4.98. The minimum Gasteiger partial charge on any atom is -0.345 e. The summed E-state index contributed by atoms with van der Waals surface area (Å²) in [5, 5.41) is 3.45. The van der Waals surface area contributed by atoms with Crippen LogP contribution in [0.3, 0.4) is 0 Å². The minimum absolute atomic E-state index is 0.621. The number of nitrogens with zero attached hydrogens (tertiary/aromatic N) is 2. The second kappa shape index (κ2) is 9.39. The Morgan fingerprint density at radius 1 is 1.25 bits per heavy atom. The van der Waals surface area contributed by atoms with E-state index in [9.17, 15) is 0 Å². The molecule has 20 heavy (non-hydrogen) atoms. The molecule has 0 aliphatic heterocycles. The van der Waals surface area contributed by atoms with E-state index in [4.69, 9.17) is 11.4 Å². The molecule has 1 heterocycles. The summed E-state index contributed by atoms with van der Waals surface area (Å²) >= 11 is 0. The van der Waals surface area contributed by atoms with Crippen LogP contribution in [0.4, 0.5) is 5.82 Å². The second-order valence-corrected chi connectivity index (χ2v) is 4.98. The van der Waals surface area contributed by atoms with Crippen LogP contribution < -0.4 is 10.2 Å². The highest BCUT2D eigenvalue weighted by Gasteiger charge is 2.08. The topological polar surface area (TPSA) is 28.2 Å². The first-order valence-corrected chi connectivity index (χ1v) is 7.64. The highest BCUT2D eigenvalue weighted by atomic mass is 15.2. The third-order valence-corrected chi connectivity index (χ3v) is 3.14. The summed E-state index contributed by atoms with van der Waals surface area (Å²) in [6.07, 6.45) is 8.64. The maximum absolute atomic E-state index is 5.47. The van der Waals surface area contributed by atoms with E-state index < -0.39 is 0 Å². The normalized spacial score (nSPS) is 10.3. The molecule has 1 aromatic rings. The lowest BCUT2D eigenvalue weighted by Crippen LogP contribution is -2.26. The molecule has 0 atom stereocenters. The minimum atomic E-state index is 0.621. The van der Waals surface area contributed by atoms with Crippen LogP contribution in [0.5, 0.6) is 0 Å². The molecule has 3 nitrogen and oxygen atoms in total. The predicted molar refractivity (Wildman–Crippen MR) is 86.9 cm³/mol. The van der Waals surface area contributed by atoms with Gasteiger partial charge in [-0.05, 0) is 43.5 Å². The first-order valence-electron chi connectivity index (χ1n) is 7.64. The molecule has 110 valence electrons. The monoisotopic (exact) mass is 273 g/mol. The summed E-state index contributed by atoms with van der Waals surface area (Å²) in [4.78, 5) is 6.90. The van der Waals surface area contributed by atoms with Crippen molar-refractivity contribution in [1.82, 2.24) is 10.3 Å². The predicted octanol–water partition coefficient (Wildman–Crippen LogP) is 2.99. The van der Waals surface area contributed by atoms with Crippen molar-refractivity contribution in [3.05, 3.63) is 23.4 Å².